The van der Waals surface area contributed by atoms with Crippen molar-refractivity contribution in [3.63, 3.8) is 0 Å². The van der Waals surface area contributed by atoms with E-state index in [0.29, 0.717) is 5.75 Å². The van der Waals surface area contributed by atoms with Crippen molar-refractivity contribution in [1.29, 1.82) is 5.26 Å². The predicted octanol–water partition coefficient (Wildman–Crippen LogP) is 0.980. The van der Waals surface area contributed by atoms with Crippen LogP contribution in [0.5, 0.6) is 17.5 Å². The van der Waals surface area contributed by atoms with Gasteiger partial charge in [0.15, 0.2) is 0 Å². The third-order valence-corrected chi connectivity index (χ3v) is 2.51. The van der Waals surface area contributed by atoms with E-state index in [1.807, 2.05) is 6.07 Å². The van der Waals surface area contributed by atoms with Crippen molar-refractivity contribution in [2.45, 2.75) is 0 Å². The van der Waals surface area contributed by atoms with Gasteiger partial charge in [-0.15, -0.1) is 0 Å². The van der Waals surface area contributed by atoms with Crippen LogP contribution in [0.4, 0.5) is 0 Å². The number of aromatic nitrogens is 3. The predicted molar refractivity (Wildman–Crippen MR) is 69.0 cm³/mol. The molecular weight excluding hydrogens is 276 g/mol. The van der Waals surface area contributed by atoms with Gasteiger partial charge in [-0.2, -0.15) is 15.2 Å². The summed E-state index contributed by atoms with van der Waals surface area (Å²) in [6.07, 6.45) is 2.37. The molecule has 0 spiro atoms. The Bertz CT molecular complexity index is 697. The van der Waals surface area contributed by atoms with Crippen LogP contribution in [0.3, 0.4) is 0 Å². The van der Waals surface area contributed by atoms with Crippen LogP contribution in [0.2, 0.25) is 0 Å². The standard InChI is InChI=1S/C13H10N4O4/c1-19-9-3-8(5-14)11(10(4-9)20-2)12(18)21-13-16-6-15-7-17-13/h3-4,6-7H,1-2H3. The van der Waals surface area contributed by atoms with Gasteiger partial charge in [-0.05, 0) is 6.07 Å². The molecule has 21 heavy (non-hydrogen) atoms. The molecule has 0 radical (unpaired) electrons. The Hall–Kier alpha value is -3.21. The molecule has 0 aliphatic rings. The first-order valence-corrected chi connectivity index (χ1v) is 5.70. The highest BCUT2D eigenvalue weighted by molar-refractivity contribution is 5.96. The maximum Gasteiger partial charge on any atom is 0.351 e. The number of nitriles is 1. The third kappa shape index (κ3) is 3.03. The number of esters is 1. The van der Waals surface area contributed by atoms with Crippen LogP contribution in [0.15, 0.2) is 24.8 Å². The summed E-state index contributed by atoms with van der Waals surface area (Å²) in [5.41, 5.74) is 0.0338. The van der Waals surface area contributed by atoms with Gasteiger partial charge in [0, 0.05) is 6.07 Å². The highest BCUT2D eigenvalue weighted by Gasteiger charge is 2.22. The van der Waals surface area contributed by atoms with E-state index in [1.165, 1.54) is 39.0 Å². The maximum atomic E-state index is 12.2. The fraction of sp³-hybridized carbons (Fsp3) is 0.154. The zero-order chi connectivity index (χ0) is 15.2. The highest BCUT2D eigenvalue weighted by Crippen LogP contribution is 2.29. The molecule has 0 saturated carbocycles. The van der Waals surface area contributed by atoms with Crippen LogP contribution < -0.4 is 14.2 Å². The molecule has 1 heterocycles. The Balaban J connectivity index is 2.42. The number of carbonyl (C=O) groups is 1. The smallest absolute Gasteiger partial charge is 0.351 e. The Morgan fingerprint density at radius 3 is 2.48 bits per heavy atom. The second kappa shape index (κ2) is 6.29. The minimum atomic E-state index is -0.808. The van der Waals surface area contributed by atoms with Gasteiger partial charge in [0.25, 0.3) is 0 Å². The molecule has 8 nitrogen and oxygen atoms in total. The Kier molecular flexibility index (Phi) is 4.26. The van der Waals surface area contributed by atoms with Crippen molar-refractivity contribution >= 4 is 5.97 Å². The largest absolute Gasteiger partial charge is 0.497 e. The molecule has 106 valence electrons. The van der Waals surface area contributed by atoms with Crippen molar-refractivity contribution in [1.82, 2.24) is 15.0 Å². The van der Waals surface area contributed by atoms with E-state index in [4.69, 9.17) is 19.5 Å². The molecule has 0 bridgehead atoms. The van der Waals surface area contributed by atoms with Crippen molar-refractivity contribution in [3.05, 3.63) is 35.9 Å². The van der Waals surface area contributed by atoms with E-state index in [0.717, 1.165) is 0 Å². The van der Waals surface area contributed by atoms with Crippen LogP contribution in [0.1, 0.15) is 15.9 Å². The van der Waals surface area contributed by atoms with E-state index < -0.39 is 5.97 Å². The SMILES string of the molecule is COc1cc(C#N)c(C(=O)Oc2ncncn2)c(OC)c1. The monoisotopic (exact) mass is 286 g/mol. The Labute approximate surface area is 120 Å². The summed E-state index contributed by atoms with van der Waals surface area (Å²) in [5, 5.41) is 9.16. The third-order valence-electron chi connectivity index (χ3n) is 2.51. The van der Waals surface area contributed by atoms with Gasteiger partial charge in [0.1, 0.15) is 35.8 Å². The second-order valence-corrected chi connectivity index (χ2v) is 3.67. The lowest BCUT2D eigenvalue weighted by Gasteiger charge is -2.11. The Morgan fingerprint density at radius 1 is 1.19 bits per heavy atom. The van der Waals surface area contributed by atoms with Crippen molar-refractivity contribution < 1.29 is 19.0 Å². The molecule has 8 heteroatoms. The first kappa shape index (κ1) is 14.2. The van der Waals surface area contributed by atoms with Crippen LogP contribution in [0, 0.1) is 11.3 Å². The zero-order valence-corrected chi connectivity index (χ0v) is 11.2. The number of ether oxygens (including phenoxy) is 3. The fourth-order valence-corrected chi connectivity index (χ4v) is 1.58. The molecular formula is C13H10N4O4. The minimum absolute atomic E-state index is 0.0267. The van der Waals surface area contributed by atoms with Gasteiger partial charge in [-0.1, -0.05) is 0 Å². The molecule has 0 aliphatic heterocycles. The normalized spacial score (nSPS) is 9.57. The summed E-state index contributed by atoms with van der Waals surface area (Å²) in [5.74, 6) is -0.262. The molecule has 0 saturated heterocycles. The maximum absolute atomic E-state index is 12.2. The second-order valence-electron chi connectivity index (χ2n) is 3.67. The van der Waals surface area contributed by atoms with E-state index in [9.17, 15) is 4.79 Å². The molecule has 2 rings (SSSR count). The average Bonchev–Trinajstić information content (AvgIpc) is 2.54. The van der Waals surface area contributed by atoms with E-state index in [-0.39, 0.29) is 22.9 Å². The summed E-state index contributed by atoms with van der Waals surface area (Å²) < 4.78 is 15.1. The topological polar surface area (TPSA) is 107 Å². The summed E-state index contributed by atoms with van der Waals surface area (Å²) in [6.45, 7) is 0. The molecule has 2 aromatic rings. The average molecular weight is 286 g/mol. The summed E-state index contributed by atoms with van der Waals surface area (Å²) in [7, 11) is 2.81. The summed E-state index contributed by atoms with van der Waals surface area (Å²) in [4.78, 5) is 23.1. The number of hydrogen-bond acceptors (Lipinski definition) is 8. The first-order valence-electron chi connectivity index (χ1n) is 5.70. The lowest BCUT2D eigenvalue weighted by Crippen LogP contribution is -2.14. The Morgan fingerprint density at radius 2 is 1.90 bits per heavy atom. The van der Waals surface area contributed by atoms with E-state index in [2.05, 4.69) is 15.0 Å². The molecule has 0 fully saturated rings. The number of hydrogen-bond donors (Lipinski definition) is 0. The summed E-state index contributed by atoms with van der Waals surface area (Å²) in [6, 6.07) is 4.61. The van der Waals surface area contributed by atoms with Crippen LogP contribution in [-0.2, 0) is 0 Å². The molecule has 0 amide bonds. The van der Waals surface area contributed by atoms with Gasteiger partial charge in [-0.3, -0.25) is 0 Å². The highest BCUT2D eigenvalue weighted by atomic mass is 16.6. The van der Waals surface area contributed by atoms with Gasteiger partial charge < -0.3 is 14.2 Å². The molecule has 1 aromatic heterocycles. The number of benzene rings is 1. The molecule has 0 aliphatic carbocycles. The first-order chi connectivity index (χ1) is 10.2. The van der Waals surface area contributed by atoms with Crippen LogP contribution >= 0.6 is 0 Å². The zero-order valence-electron chi connectivity index (χ0n) is 11.2. The van der Waals surface area contributed by atoms with E-state index >= 15 is 0 Å². The van der Waals surface area contributed by atoms with Gasteiger partial charge >= 0.3 is 12.0 Å². The quantitative estimate of drug-likeness (QED) is 0.765. The fourth-order valence-electron chi connectivity index (χ4n) is 1.58. The number of rotatable bonds is 4. The number of carbonyl (C=O) groups excluding carboxylic acids is 1. The minimum Gasteiger partial charge on any atom is -0.497 e. The summed E-state index contributed by atoms with van der Waals surface area (Å²) >= 11 is 0. The lowest BCUT2D eigenvalue weighted by atomic mass is 10.1. The van der Waals surface area contributed by atoms with Gasteiger partial charge in [0.05, 0.1) is 19.8 Å². The van der Waals surface area contributed by atoms with E-state index in [1.54, 1.807) is 0 Å². The molecule has 1 aromatic carbocycles. The molecule has 0 atom stereocenters. The lowest BCUT2D eigenvalue weighted by molar-refractivity contribution is 0.0715. The molecule has 0 unspecified atom stereocenters. The number of nitrogens with zero attached hydrogens (tertiary/aromatic N) is 4. The molecule has 0 N–H and O–H groups in total. The van der Waals surface area contributed by atoms with Crippen molar-refractivity contribution in [2.24, 2.45) is 0 Å². The van der Waals surface area contributed by atoms with Crippen molar-refractivity contribution in [3.8, 4) is 23.6 Å². The number of methoxy groups -OCH3 is 2. The van der Waals surface area contributed by atoms with Gasteiger partial charge in [-0.25, -0.2) is 9.78 Å². The van der Waals surface area contributed by atoms with Gasteiger partial charge in [0.2, 0.25) is 0 Å². The van der Waals surface area contributed by atoms with Crippen LogP contribution in [0.25, 0.3) is 0 Å². The van der Waals surface area contributed by atoms with Crippen molar-refractivity contribution in [2.75, 3.05) is 14.2 Å². The van der Waals surface area contributed by atoms with Crippen LogP contribution in [-0.4, -0.2) is 35.1 Å².